The average Bonchev–Trinajstić information content (AvgIpc) is 2.52. The van der Waals surface area contributed by atoms with Crippen molar-refractivity contribution in [2.45, 2.75) is 18.7 Å². The van der Waals surface area contributed by atoms with Crippen molar-refractivity contribution < 1.29 is 8.42 Å². The third-order valence-corrected chi connectivity index (χ3v) is 4.12. The smallest absolute Gasteiger partial charge is 0.225 e. The van der Waals surface area contributed by atoms with Gasteiger partial charge in [0.1, 0.15) is 0 Å². The number of primary sulfonamides is 1. The molecule has 7 nitrogen and oxygen atoms in total. The molecule has 0 amide bonds. The van der Waals surface area contributed by atoms with E-state index in [1.165, 1.54) is 24.3 Å². The zero-order chi connectivity index (χ0) is 17.0. The van der Waals surface area contributed by atoms with Gasteiger partial charge < -0.3 is 0 Å². The molecule has 2 aromatic rings. The summed E-state index contributed by atoms with van der Waals surface area (Å²) in [4.78, 5) is 11.0. The number of rotatable bonds is 5. The van der Waals surface area contributed by atoms with Gasteiger partial charge in [-0.25, -0.2) is 13.6 Å². The highest BCUT2D eigenvalue weighted by atomic mass is 32.2. The Morgan fingerprint density at radius 3 is 2.09 bits per heavy atom. The molecule has 0 heterocycles. The third-order valence-electron chi connectivity index (χ3n) is 3.19. The first-order valence-electron chi connectivity index (χ1n) is 6.70. The van der Waals surface area contributed by atoms with E-state index in [1.54, 1.807) is 6.92 Å². The minimum atomic E-state index is -3.79. The molecule has 0 aliphatic rings. The Bertz CT molecular complexity index is 828. The van der Waals surface area contributed by atoms with E-state index in [4.69, 9.17) is 5.14 Å². The van der Waals surface area contributed by atoms with Crippen molar-refractivity contribution in [2.24, 2.45) is 15.5 Å². The standard InChI is InChI=1S/C15H16N4O3S/c1-11-3-5-13(6-4-11)12(2)17-19(18-20)14-7-9-15(10-8-14)23(16,21)22/h3-10H,1-2H3,(H2,16,21,22)/b17-12+. The first-order valence-corrected chi connectivity index (χ1v) is 8.24. The maximum Gasteiger partial charge on any atom is 0.238 e. The zero-order valence-corrected chi connectivity index (χ0v) is 13.5. The molecule has 2 N–H and O–H groups in total. The minimum Gasteiger partial charge on any atom is -0.225 e. The molecule has 0 saturated carbocycles. The highest BCUT2D eigenvalue weighted by Crippen LogP contribution is 2.19. The number of hydrogen-bond acceptors (Lipinski definition) is 5. The second-order valence-electron chi connectivity index (χ2n) is 4.96. The molecule has 0 bridgehead atoms. The number of sulfonamides is 1. The van der Waals surface area contributed by atoms with Crippen molar-refractivity contribution >= 4 is 21.4 Å². The molecule has 120 valence electrons. The molecular weight excluding hydrogens is 316 g/mol. The third kappa shape index (κ3) is 4.21. The quantitative estimate of drug-likeness (QED) is 0.516. The Kier molecular flexibility index (Phi) is 4.87. The van der Waals surface area contributed by atoms with Gasteiger partial charge in [-0.2, -0.15) is 5.10 Å². The number of aryl methyl sites for hydroxylation is 1. The van der Waals surface area contributed by atoms with Crippen LogP contribution in [0.1, 0.15) is 18.1 Å². The first-order chi connectivity index (χ1) is 10.8. The summed E-state index contributed by atoms with van der Waals surface area (Å²) in [6.45, 7) is 3.73. The molecule has 2 rings (SSSR count). The molecule has 0 saturated heterocycles. The van der Waals surface area contributed by atoms with Crippen LogP contribution in [0.3, 0.4) is 0 Å². The number of nitrogens with two attached hydrogens (primary N) is 1. The van der Waals surface area contributed by atoms with Crippen molar-refractivity contribution in [1.29, 1.82) is 0 Å². The highest BCUT2D eigenvalue weighted by Gasteiger charge is 2.11. The van der Waals surface area contributed by atoms with E-state index in [0.29, 0.717) is 11.4 Å². The normalized spacial score (nSPS) is 12.0. The first kappa shape index (κ1) is 16.8. The van der Waals surface area contributed by atoms with Gasteiger partial charge in [-0.05, 0) is 43.7 Å². The van der Waals surface area contributed by atoms with Crippen molar-refractivity contribution in [1.82, 2.24) is 0 Å². The Hall–Kier alpha value is -2.58. The lowest BCUT2D eigenvalue weighted by atomic mass is 10.1. The lowest BCUT2D eigenvalue weighted by Crippen LogP contribution is -2.13. The molecule has 0 radical (unpaired) electrons. The number of nitrogens with zero attached hydrogens (tertiary/aromatic N) is 3. The van der Waals surface area contributed by atoms with Crippen LogP contribution in [0, 0.1) is 11.8 Å². The van der Waals surface area contributed by atoms with E-state index < -0.39 is 10.0 Å². The van der Waals surface area contributed by atoms with Crippen molar-refractivity contribution in [3.05, 3.63) is 64.6 Å². The summed E-state index contributed by atoms with van der Waals surface area (Å²) in [7, 11) is -3.79. The van der Waals surface area contributed by atoms with E-state index in [0.717, 1.165) is 16.2 Å². The summed E-state index contributed by atoms with van der Waals surface area (Å²) in [5.74, 6) is 0. The van der Waals surface area contributed by atoms with Crippen LogP contribution in [0.2, 0.25) is 0 Å². The van der Waals surface area contributed by atoms with Gasteiger partial charge in [0.15, 0.2) is 0 Å². The molecule has 0 fully saturated rings. The molecule has 0 aliphatic carbocycles. The van der Waals surface area contributed by atoms with Gasteiger partial charge in [-0.3, -0.25) is 0 Å². The Morgan fingerprint density at radius 1 is 1.04 bits per heavy atom. The summed E-state index contributed by atoms with van der Waals surface area (Å²) in [6.07, 6.45) is 0. The van der Waals surface area contributed by atoms with Crippen LogP contribution in [0.5, 0.6) is 0 Å². The second-order valence-corrected chi connectivity index (χ2v) is 6.52. The number of hydrogen-bond donors (Lipinski definition) is 1. The number of benzene rings is 2. The highest BCUT2D eigenvalue weighted by molar-refractivity contribution is 7.89. The monoisotopic (exact) mass is 332 g/mol. The molecule has 8 heteroatoms. The molecule has 0 aromatic heterocycles. The van der Waals surface area contributed by atoms with E-state index in [9.17, 15) is 13.3 Å². The molecule has 0 unspecified atom stereocenters. The molecule has 23 heavy (non-hydrogen) atoms. The summed E-state index contributed by atoms with van der Waals surface area (Å²) >= 11 is 0. The van der Waals surface area contributed by atoms with Gasteiger partial charge in [-0.15, -0.1) is 10.0 Å². The lowest BCUT2D eigenvalue weighted by molar-refractivity contribution is 0.598. The predicted octanol–water partition coefficient (Wildman–Crippen LogP) is 2.55. The average molecular weight is 332 g/mol. The van der Waals surface area contributed by atoms with E-state index in [2.05, 4.69) is 10.4 Å². The SMILES string of the molecule is C/C(=N\N(N=O)c1ccc(S(N)(=O)=O)cc1)c1ccc(C)cc1. The number of anilines is 1. The molecular formula is C15H16N4O3S. The summed E-state index contributed by atoms with van der Waals surface area (Å²) < 4.78 is 22.5. The van der Waals surface area contributed by atoms with Gasteiger partial charge >= 0.3 is 0 Å². The van der Waals surface area contributed by atoms with Crippen LogP contribution in [0.25, 0.3) is 0 Å². The van der Waals surface area contributed by atoms with E-state index in [1.807, 2.05) is 31.2 Å². The summed E-state index contributed by atoms with van der Waals surface area (Å²) in [5.41, 5.74) is 2.90. The zero-order valence-electron chi connectivity index (χ0n) is 12.7. The Labute approximate surface area is 134 Å². The summed E-state index contributed by atoms with van der Waals surface area (Å²) in [5, 5.41) is 12.9. The maximum atomic E-state index is 11.2. The lowest BCUT2D eigenvalue weighted by Gasteiger charge is -2.11. The van der Waals surface area contributed by atoms with Gasteiger partial charge in [0, 0.05) is 0 Å². The largest absolute Gasteiger partial charge is 0.238 e. The van der Waals surface area contributed by atoms with Crippen molar-refractivity contribution in [3.8, 4) is 0 Å². The van der Waals surface area contributed by atoms with Crippen LogP contribution >= 0.6 is 0 Å². The van der Waals surface area contributed by atoms with E-state index in [-0.39, 0.29) is 4.90 Å². The molecule has 0 aliphatic heterocycles. The minimum absolute atomic E-state index is 0.0497. The predicted molar refractivity (Wildman–Crippen MR) is 89.5 cm³/mol. The van der Waals surface area contributed by atoms with E-state index >= 15 is 0 Å². The number of nitroso groups, excluding NO2 is 1. The van der Waals surface area contributed by atoms with Crippen LogP contribution < -0.4 is 10.3 Å². The van der Waals surface area contributed by atoms with Gasteiger partial charge in [0.05, 0.1) is 21.6 Å². The number of hydrazone groups is 1. The van der Waals surface area contributed by atoms with Gasteiger partial charge in [0.25, 0.3) is 0 Å². The summed E-state index contributed by atoms with van der Waals surface area (Å²) in [6, 6.07) is 13.1. The fourth-order valence-electron chi connectivity index (χ4n) is 1.89. The topological polar surface area (TPSA) is 105 Å². The fourth-order valence-corrected chi connectivity index (χ4v) is 2.40. The van der Waals surface area contributed by atoms with Gasteiger partial charge in [-0.1, -0.05) is 29.8 Å². The van der Waals surface area contributed by atoms with Gasteiger partial charge in [0.2, 0.25) is 10.0 Å². The van der Waals surface area contributed by atoms with Crippen molar-refractivity contribution in [3.63, 3.8) is 0 Å². The fraction of sp³-hybridized carbons (Fsp3) is 0.133. The van der Waals surface area contributed by atoms with Crippen LogP contribution in [0.15, 0.2) is 63.8 Å². The molecule has 2 aromatic carbocycles. The van der Waals surface area contributed by atoms with Crippen LogP contribution in [-0.2, 0) is 10.0 Å². The Morgan fingerprint density at radius 2 is 1.61 bits per heavy atom. The van der Waals surface area contributed by atoms with Crippen LogP contribution in [-0.4, -0.2) is 14.1 Å². The second kappa shape index (κ2) is 6.67. The van der Waals surface area contributed by atoms with Crippen LogP contribution in [0.4, 0.5) is 5.69 Å². The molecule has 0 spiro atoms. The van der Waals surface area contributed by atoms with Crippen molar-refractivity contribution in [2.75, 3.05) is 5.12 Å². The maximum absolute atomic E-state index is 11.2. The molecule has 0 atom stereocenters. The Balaban J connectivity index is 2.30.